The maximum Gasteiger partial charge on any atom is 0.260 e. The van der Waals surface area contributed by atoms with E-state index in [4.69, 9.17) is 0 Å². The minimum absolute atomic E-state index is 0.0826. The van der Waals surface area contributed by atoms with E-state index in [2.05, 4.69) is 22.2 Å². The van der Waals surface area contributed by atoms with Crippen LogP contribution < -0.4 is 10.9 Å². The van der Waals surface area contributed by atoms with Crippen molar-refractivity contribution >= 4 is 44.9 Å². The van der Waals surface area contributed by atoms with Crippen LogP contribution in [0.3, 0.4) is 0 Å². The molecule has 2 atom stereocenters. The summed E-state index contributed by atoms with van der Waals surface area (Å²) in [5, 5.41) is 3.87. The number of nitrogens with zero attached hydrogens (tertiary/aromatic N) is 1. The van der Waals surface area contributed by atoms with Crippen LogP contribution in [-0.2, 0) is 17.6 Å². The van der Waals surface area contributed by atoms with Crippen LogP contribution in [0.2, 0.25) is 0 Å². The Morgan fingerprint density at radius 3 is 2.93 bits per heavy atom. The largest absolute Gasteiger partial charge is 0.325 e. The molecular weight excluding hydrogens is 390 g/mol. The van der Waals surface area contributed by atoms with Gasteiger partial charge in [0.25, 0.3) is 5.56 Å². The molecule has 5 nitrogen and oxygen atoms in total. The predicted molar refractivity (Wildman–Crippen MR) is 116 cm³/mol. The standard InChI is InChI=1S/C21H23N3O2S2/c1-3-15(18(25)22-13-7-5-4-6-8-13)28-21-23-19(26)17-14-10-9-12(2)11-16(14)27-20(17)24-21/h4-8,12,15H,3,9-11H2,1-2H3,(H,22,25)(H,23,24,26). The quantitative estimate of drug-likeness (QED) is 0.473. The number of nitrogens with one attached hydrogen (secondary N) is 2. The number of hydrogen-bond acceptors (Lipinski definition) is 5. The fourth-order valence-corrected chi connectivity index (χ4v) is 5.93. The van der Waals surface area contributed by atoms with E-state index in [1.54, 1.807) is 11.3 Å². The molecule has 0 bridgehead atoms. The fraction of sp³-hybridized carbons (Fsp3) is 0.381. The molecule has 0 fully saturated rings. The number of carbonyl (C=O) groups is 1. The van der Waals surface area contributed by atoms with E-state index in [-0.39, 0.29) is 16.7 Å². The number of thiophene rings is 1. The summed E-state index contributed by atoms with van der Waals surface area (Å²) in [6.07, 6.45) is 3.73. The zero-order chi connectivity index (χ0) is 19.7. The molecule has 1 aliphatic rings. The lowest BCUT2D eigenvalue weighted by Gasteiger charge is -2.17. The first-order valence-corrected chi connectivity index (χ1v) is 11.3. The van der Waals surface area contributed by atoms with E-state index >= 15 is 0 Å². The van der Waals surface area contributed by atoms with Crippen molar-refractivity contribution in [3.8, 4) is 0 Å². The lowest BCUT2D eigenvalue weighted by Crippen LogP contribution is -2.25. The van der Waals surface area contributed by atoms with Crippen molar-refractivity contribution in [1.82, 2.24) is 9.97 Å². The summed E-state index contributed by atoms with van der Waals surface area (Å²) in [5.74, 6) is 0.570. The van der Waals surface area contributed by atoms with Crippen LogP contribution in [0.4, 0.5) is 5.69 Å². The van der Waals surface area contributed by atoms with Crippen molar-refractivity contribution < 1.29 is 4.79 Å². The highest BCUT2D eigenvalue weighted by Crippen LogP contribution is 2.36. The monoisotopic (exact) mass is 413 g/mol. The lowest BCUT2D eigenvalue weighted by molar-refractivity contribution is -0.115. The molecule has 146 valence electrons. The van der Waals surface area contributed by atoms with Crippen molar-refractivity contribution in [3.63, 3.8) is 0 Å². The third kappa shape index (κ3) is 3.86. The first-order valence-electron chi connectivity index (χ1n) is 9.62. The molecule has 1 aromatic carbocycles. The maximum atomic E-state index is 12.7. The Hall–Kier alpha value is -2.12. The van der Waals surface area contributed by atoms with Gasteiger partial charge in [0, 0.05) is 10.6 Å². The average molecular weight is 414 g/mol. The number of hydrogen-bond donors (Lipinski definition) is 2. The second kappa shape index (κ2) is 8.09. The molecule has 2 unspecified atom stereocenters. The molecule has 2 N–H and O–H groups in total. The van der Waals surface area contributed by atoms with Crippen LogP contribution in [0, 0.1) is 5.92 Å². The normalized spacial score (nSPS) is 17.3. The molecule has 0 aliphatic heterocycles. The number of fused-ring (bicyclic) bond motifs is 3. The van der Waals surface area contributed by atoms with Crippen LogP contribution in [0.1, 0.15) is 37.1 Å². The van der Waals surface area contributed by atoms with E-state index in [0.717, 1.165) is 35.2 Å². The van der Waals surface area contributed by atoms with Crippen LogP contribution in [0.25, 0.3) is 10.2 Å². The minimum atomic E-state index is -0.324. The number of amides is 1. The first kappa shape index (κ1) is 19.2. The van der Waals surface area contributed by atoms with Gasteiger partial charge in [-0.05, 0) is 49.3 Å². The molecule has 4 rings (SSSR count). The highest BCUT2D eigenvalue weighted by Gasteiger charge is 2.24. The molecule has 2 heterocycles. The Kier molecular flexibility index (Phi) is 5.55. The van der Waals surface area contributed by atoms with Gasteiger partial charge in [-0.15, -0.1) is 11.3 Å². The molecule has 1 amide bonds. The summed E-state index contributed by atoms with van der Waals surface area (Å²) in [6.45, 7) is 4.22. The average Bonchev–Trinajstić information content (AvgIpc) is 3.04. The second-order valence-electron chi connectivity index (χ2n) is 7.27. The third-order valence-corrected chi connectivity index (χ3v) is 7.50. The number of benzene rings is 1. The summed E-state index contributed by atoms with van der Waals surface area (Å²) >= 11 is 2.95. The Balaban J connectivity index is 1.58. The SMILES string of the molecule is CCC(Sc1nc2sc3c(c2c(=O)[nH]1)CCC(C)C3)C(=O)Nc1ccccc1. The number of para-hydroxylation sites is 1. The van der Waals surface area contributed by atoms with E-state index in [1.165, 1.54) is 22.2 Å². The Labute approximate surface area is 172 Å². The molecular formula is C21H23N3O2S2. The van der Waals surface area contributed by atoms with Crippen molar-refractivity contribution in [2.75, 3.05) is 5.32 Å². The van der Waals surface area contributed by atoms with Crippen LogP contribution in [0.5, 0.6) is 0 Å². The predicted octanol–water partition coefficient (Wildman–Crippen LogP) is 4.62. The number of aryl methyl sites for hydroxylation is 1. The molecule has 1 aliphatic carbocycles. The Morgan fingerprint density at radius 1 is 1.39 bits per heavy atom. The Bertz CT molecular complexity index is 1060. The number of aromatic amines is 1. The van der Waals surface area contributed by atoms with Crippen LogP contribution in [0.15, 0.2) is 40.3 Å². The number of carbonyl (C=O) groups excluding carboxylic acids is 1. The smallest absolute Gasteiger partial charge is 0.260 e. The zero-order valence-electron chi connectivity index (χ0n) is 16.0. The van der Waals surface area contributed by atoms with Gasteiger partial charge in [-0.3, -0.25) is 9.59 Å². The van der Waals surface area contributed by atoms with Gasteiger partial charge in [0.15, 0.2) is 5.16 Å². The first-order chi connectivity index (χ1) is 13.5. The van der Waals surface area contributed by atoms with Gasteiger partial charge in [-0.1, -0.05) is 43.8 Å². The topological polar surface area (TPSA) is 74.8 Å². The van der Waals surface area contributed by atoms with Crippen LogP contribution in [-0.4, -0.2) is 21.1 Å². The summed E-state index contributed by atoms with van der Waals surface area (Å²) in [6, 6.07) is 9.40. The summed E-state index contributed by atoms with van der Waals surface area (Å²) < 4.78 is 0. The molecule has 3 aromatic rings. The van der Waals surface area contributed by atoms with E-state index in [9.17, 15) is 9.59 Å². The van der Waals surface area contributed by atoms with E-state index in [0.29, 0.717) is 17.5 Å². The molecule has 0 saturated carbocycles. The molecule has 0 radical (unpaired) electrons. The minimum Gasteiger partial charge on any atom is -0.325 e. The number of H-pyrrole nitrogens is 1. The number of thioether (sulfide) groups is 1. The lowest BCUT2D eigenvalue weighted by atomic mass is 9.89. The molecule has 0 saturated heterocycles. The molecule has 0 spiro atoms. The van der Waals surface area contributed by atoms with Gasteiger partial charge >= 0.3 is 0 Å². The van der Waals surface area contributed by atoms with Gasteiger partial charge in [-0.2, -0.15) is 0 Å². The van der Waals surface area contributed by atoms with Crippen molar-refractivity contribution in [2.24, 2.45) is 5.92 Å². The molecule has 2 aromatic heterocycles. The maximum absolute atomic E-state index is 12.7. The van der Waals surface area contributed by atoms with Gasteiger partial charge in [0.1, 0.15) is 4.83 Å². The van der Waals surface area contributed by atoms with Gasteiger partial charge in [0.05, 0.1) is 10.6 Å². The number of anilines is 1. The fourth-order valence-electron chi connectivity index (χ4n) is 3.59. The molecule has 7 heteroatoms. The van der Waals surface area contributed by atoms with Gasteiger partial charge < -0.3 is 10.3 Å². The van der Waals surface area contributed by atoms with Gasteiger partial charge in [0.2, 0.25) is 5.91 Å². The second-order valence-corrected chi connectivity index (χ2v) is 9.55. The summed E-state index contributed by atoms with van der Waals surface area (Å²) in [7, 11) is 0. The highest BCUT2D eigenvalue weighted by atomic mass is 32.2. The summed E-state index contributed by atoms with van der Waals surface area (Å²) in [5.41, 5.74) is 1.86. The van der Waals surface area contributed by atoms with E-state index < -0.39 is 0 Å². The summed E-state index contributed by atoms with van der Waals surface area (Å²) in [4.78, 5) is 35.1. The van der Waals surface area contributed by atoms with Gasteiger partial charge in [-0.25, -0.2) is 4.98 Å². The third-order valence-electron chi connectivity index (χ3n) is 5.10. The number of aromatic nitrogens is 2. The van der Waals surface area contributed by atoms with Crippen molar-refractivity contribution in [3.05, 3.63) is 51.1 Å². The molecule has 28 heavy (non-hydrogen) atoms. The van der Waals surface area contributed by atoms with Crippen LogP contribution >= 0.6 is 23.1 Å². The highest BCUT2D eigenvalue weighted by molar-refractivity contribution is 8.00. The zero-order valence-corrected chi connectivity index (χ0v) is 17.6. The Morgan fingerprint density at radius 2 is 2.18 bits per heavy atom. The van der Waals surface area contributed by atoms with Crippen molar-refractivity contribution in [2.45, 2.75) is 49.9 Å². The van der Waals surface area contributed by atoms with Crippen molar-refractivity contribution in [1.29, 1.82) is 0 Å². The van der Waals surface area contributed by atoms with E-state index in [1.807, 2.05) is 37.3 Å². The number of rotatable bonds is 5.